The highest BCUT2D eigenvalue weighted by Crippen LogP contribution is 2.44. The Morgan fingerprint density at radius 1 is 1.05 bits per heavy atom. The fraction of sp³-hybridized carbons (Fsp3) is 0.200. The zero-order valence-electron chi connectivity index (χ0n) is 12.1. The summed E-state index contributed by atoms with van der Waals surface area (Å²) in [6, 6.07) is 15.3. The van der Waals surface area contributed by atoms with Crippen LogP contribution < -0.4 is 0 Å². The minimum atomic E-state index is 0.540. The van der Waals surface area contributed by atoms with Gasteiger partial charge >= 0.3 is 0 Å². The van der Waals surface area contributed by atoms with Crippen LogP contribution in [0.4, 0.5) is 0 Å². The van der Waals surface area contributed by atoms with Gasteiger partial charge in [-0.2, -0.15) is 0 Å². The molecule has 0 bridgehead atoms. The highest BCUT2D eigenvalue weighted by atomic mass is 79.9. The van der Waals surface area contributed by atoms with E-state index in [4.69, 9.17) is 0 Å². The van der Waals surface area contributed by atoms with Crippen molar-refractivity contribution in [2.45, 2.75) is 25.7 Å². The summed E-state index contributed by atoms with van der Waals surface area (Å²) in [5.74, 6) is 0.540. The molecule has 2 aliphatic carbocycles. The Balaban J connectivity index is 1.64. The van der Waals surface area contributed by atoms with Gasteiger partial charge in [0.2, 0.25) is 0 Å². The highest BCUT2D eigenvalue weighted by Gasteiger charge is 2.26. The summed E-state index contributed by atoms with van der Waals surface area (Å²) in [7, 11) is 0. The zero-order valence-corrected chi connectivity index (χ0v) is 13.7. The Morgan fingerprint density at radius 3 is 2.76 bits per heavy atom. The molecule has 21 heavy (non-hydrogen) atoms. The molecule has 0 heterocycles. The van der Waals surface area contributed by atoms with E-state index in [9.17, 15) is 0 Å². The monoisotopic (exact) mass is 336 g/mol. The molecule has 2 aliphatic rings. The molecular weight excluding hydrogens is 320 g/mol. The van der Waals surface area contributed by atoms with Gasteiger partial charge in [-0.15, -0.1) is 0 Å². The van der Waals surface area contributed by atoms with Gasteiger partial charge in [-0.05, 0) is 48.1 Å². The molecule has 0 spiro atoms. The number of hydrogen-bond acceptors (Lipinski definition) is 0. The van der Waals surface area contributed by atoms with Gasteiger partial charge in [0.25, 0.3) is 0 Å². The van der Waals surface area contributed by atoms with Crippen LogP contribution in [-0.2, 0) is 6.42 Å². The number of benzene rings is 2. The molecular formula is C20H17Br. The third-order valence-electron chi connectivity index (χ3n) is 4.68. The van der Waals surface area contributed by atoms with E-state index >= 15 is 0 Å². The van der Waals surface area contributed by atoms with Crippen LogP contribution in [-0.4, -0.2) is 0 Å². The first-order valence-electron chi connectivity index (χ1n) is 7.46. The number of allylic oxidation sites excluding steroid dienone is 2. The van der Waals surface area contributed by atoms with Crippen molar-refractivity contribution in [2.24, 2.45) is 0 Å². The van der Waals surface area contributed by atoms with Crippen molar-refractivity contribution < 1.29 is 0 Å². The lowest BCUT2D eigenvalue weighted by Gasteiger charge is -2.15. The van der Waals surface area contributed by atoms with Crippen LogP contribution in [0.25, 0.3) is 12.2 Å². The first-order chi connectivity index (χ1) is 10.2. The fourth-order valence-electron chi connectivity index (χ4n) is 3.60. The van der Waals surface area contributed by atoms with E-state index in [0.717, 1.165) is 12.8 Å². The van der Waals surface area contributed by atoms with Crippen LogP contribution in [0.5, 0.6) is 0 Å². The Labute approximate surface area is 134 Å². The molecule has 1 atom stereocenters. The van der Waals surface area contributed by atoms with Crippen LogP contribution in [0.15, 0.2) is 58.1 Å². The van der Waals surface area contributed by atoms with Crippen molar-refractivity contribution in [3.63, 3.8) is 0 Å². The lowest BCUT2D eigenvalue weighted by atomic mass is 9.89. The maximum Gasteiger partial charge on any atom is 0.0250 e. The van der Waals surface area contributed by atoms with Crippen molar-refractivity contribution >= 4 is 28.1 Å². The molecule has 2 aromatic rings. The first kappa shape index (κ1) is 13.1. The standard InChI is InChI=1S/C20H17Br/c1-13-9-19-17(7-4-8-20(19)21)18(13)12-14-10-15-5-2-3-6-16(15)11-14/h2-10,18H,11-12H2,1H3. The predicted octanol–water partition coefficient (Wildman–Crippen LogP) is 5.98. The molecule has 0 radical (unpaired) electrons. The van der Waals surface area contributed by atoms with Gasteiger partial charge in [-0.25, -0.2) is 0 Å². The summed E-state index contributed by atoms with van der Waals surface area (Å²) < 4.78 is 1.21. The maximum absolute atomic E-state index is 3.68. The van der Waals surface area contributed by atoms with E-state index in [2.05, 4.69) is 77.5 Å². The van der Waals surface area contributed by atoms with Crippen LogP contribution in [0.2, 0.25) is 0 Å². The van der Waals surface area contributed by atoms with E-state index in [1.807, 2.05) is 0 Å². The Hall–Kier alpha value is -1.60. The predicted molar refractivity (Wildman–Crippen MR) is 93.3 cm³/mol. The molecule has 1 heteroatoms. The van der Waals surface area contributed by atoms with Crippen LogP contribution in [0.3, 0.4) is 0 Å². The van der Waals surface area contributed by atoms with Crippen molar-refractivity contribution in [3.8, 4) is 0 Å². The summed E-state index contributed by atoms with van der Waals surface area (Å²) in [4.78, 5) is 0. The summed E-state index contributed by atoms with van der Waals surface area (Å²) in [6.07, 6.45) is 6.98. The Bertz CT molecular complexity index is 780. The third-order valence-corrected chi connectivity index (χ3v) is 5.37. The average molecular weight is 337 g/mol. The average Bonchev–Trinajstić information content (AvgIpc) is 3.02. The summed E-state index contributed by atoms with van der Waals surface area (Å²) >= 11 is 3.68. The van der Waals surface area contributed by atoms with Crippen molar-refractivity contribution in [2.75, 3.05) is 0 Å². The van der Waals surface area contributed by atoms with Gasteiger partial charge < -0.3 is 0 Å². The second-order valence-corrected chi connectivity index (χ2v) is 6.92. The molecule has 104 valence electrons. The number of hydrogen-bond donors (Lipinski definition) is 0. The van der Waals surface area contributed by atoms with Crippen LogP contribution in [0, 0.1) is 0 Å². The summed E-state index contributed by atoms with van der Waals surface area (Å²) in [5, 5.41) is 0. The molecule has 1 unspecified atom stereocenters. The molecule has 0 aromatic heterocycles. The van der Waals surface area contributed by atoms with Crippen molar-refractivity contribution in [1.29, 1.82) is 0 Å². The van der Waals surface area contributed by atoms with E-state index in [1.165, 1.54) is 32.3 Å². The molecule has 0 saturated heterocycles. The van der Waals surface area contributed by atoms with Crippen molar-refractivity contribution in [3.05, 3.63) is 80.3 Å². The fourth-order valence-corrected chi connectivity index (χ4v) is 4.10. The number of rotatable bonds is 2. The molecule has 0 N–H and O–H groups in total. The normalized spacial score (nSPS) is 19.0. The smallest absolute Gasteiger partial charge is 0.0250 e. The van der Waals surface area contributed by atoms with Gasteiger partial charge in [0.15, 0.2) is 0 Å². The lowest BCUT2D eigenvalue weighted by Crippen LogP contribution is -1.99. The first-order valence-corrected chi connectivity index (χ1v) is 8.25. The SMILES string of the molecule is CC1=Cc2c(Br)cccc2C1CC1=Cc2ccccc2C1. The lowest BCUT2D eigenvalue weighted by molar-refractivity contribution is 0.785. The quantitative estimate of drug-likeness (QED) is 0.632. The molecule has 4 rings (SSSR count). The van der Waals surface area contributed by atoms with Gasteiger partial charge in [0, 0.05) is 10.4 Å². The molecule has 2 aromatic carbocycles. The molecule has 0 fully saturated rings. The highest BCUT2D eigenvalue weighted by molar-refractivity contribution is 9.10. The molecule has 0 nitrogen and oxygen atoms in total. The largest absolute Gasteiger partial charge is 0.0648 e. The van der Waals surface area contributed by atoms with Gasteiger partial charge in [-0.1, -0.05) is 75.6 Å². The molecule has 0 aliphatic heterocycles. The molecule has 0 amide bonds. The van der Waals surface area contributed by atoms with E-state index in [0.29, 0.717) is 5.92 Å². The minimum absolute atomic E-state index is 0.540. The topological polar surface area (TPSA) is 0 Å². The molecule has 0 saturated carbocycles. The summed E-state index contributed by atoms with van der Waals surface area (Å²) in [6.45, 7) is 2.26. The van der Waals surface area contributed by atoms with E-state index in [-0.39, 0.29) is 0 Å². The third kappa shape index (κ3) is 2.20. The number of halogens is 1. The zero-order chi connectivity index (χ0) is 14.4. The van der Waals surface area contributed by atoms with E-state index < -0.39 is 0 Å². The van der Waals surface area contributed by atoms with Crippen molar-refractivity contribution in [1.82, 2.24) is 0 Å². The second kappa shape index (κ2) is 4.99. The van der Waals surface area contributed by atoms with E-state index in [1.54, 1.807) is 5.57 Å². The second-order valence-electron chi connectivity index (χ2n) is 6.07. The van der Waals surface area contributed by atoms with Gasteiger partial charge in [-0.3, -0.25) is 0 Å². The maximum atomic E-state index is 3.68. The van der Waals surface area contributed by atoms with Gasteiger partial charge in [0.1, 0.15) is 0 Å². The Kier molecular flexibility index (Phi) is 3.11. The number of fused-ring (bicyclic) bond motifs is 2. The summed E-state index contributed by atoms with van der Waals surface area (Å²) in [5.41, 5.74) is 8.76. The Morgan fingerprint density at radius 2 is 1.90 bits per heavy atom. The van der Waals surface area contributed by atoms with Crippen LogP contribution in [0.1, 0.15) is 41.5 Å². The van der Waals surface area contributed by atoms with Crippen LogP contribution >= 0.6 is 15.9 Å². The van der Waals surface area contributed by atoms with Gasteiger partial charge in [0.05, 0.1) is 0 Å². The minimum Gasteiger partial charge on any atom is -0.0648 e.